The van der Waals surface area contributed by atoms with Gasteiger partial charge in [-0.05, 0) is 18.2 Å². The van der Waals surface area contributed by atoms with Gasteiger partial charge in [0.15, 0.2) is 0 Å². The molecule has 0 atom stereocenters. The van der Waals surface area contributed by atoms with Crippen molar-refractivity contribution in [1.29, 1.82) is 0 Å². The lowest BCUT2D eigenvalue weighted by atomic mass is 10.1. The quantitative estimate of drug-likeness (QED) is 0.729. The molecule has 0 fully saturated rings. The summed E-state index contributed by atoms with van der Waals surface area (Å²) in [6.07, 6.45) is -3.04. The van der Waals surface area contributed by atoms with Crippen LogP contribution in [-0.2, 0) is 6.18 Å². The predicted molar refractivity (Wildman–Crippen MR) is 51.2 cm³/mol. The number of aromatic nitrogens is 1. The zero-order chi connectivity index (χ0) is 11.1. The van der Waals surface area contributed by atoms with Crippen LogP contribution in [0.2, 0.25) is 0 Å². The first-order chi connectivity index (χ1) is 6.98. The number of nitrogens with zero attached hydrogens (tertiary/aromatic N) is 1. The average Bonchev–Trinajstić information content (AvgIpc) is 2.15. The molecule has 1 aromatic carbocycles. The highest BCUT2D eigenvalue weighted by Crippen LogP contribution is 2.34. The molecule has 0 aliphatic rings. The lowest BCUT2D eigenvalue weighted by Gasteiger charge is -2.09. The summed E-state index contributed by atoms with van der Waals surface area (Å²) in [4.78, 5) is 3.83. The molecule has 2 rings (SSSR count). The first-order valence-electron chi connectivity index (χ1n) is 4.20. The third-order valence-electron chi connectivity index (χ3n) is 2.05. The largest absolute Gasteiger partial charge is 0.417 e. The van der Waals surface area contributed by atoms with Gasteiger partial charge in [-0.1, -0.05) is 6.07 Å². The van der Waals surface area contributed by atoms with Crippen LogP contribution in [0.4, 0.5) is 18.9 Å². The predicted octanol–water partition coefficient (Wildman–Crippen LogP) is 2.84. The standard InChI is InChI=1S/C10H7F3N2/c11-10(12,13)8-2-1-3-9-7(8)4-6(14)5-15-9/h1-5H,14H2. The molecule has 2 N–H and O–H groups in total. The fourth-order valence-corrected chi connectivity index (χ4v) is 1.41. The maximum absolute atomic E-state index is 12.6. The third-order valence-corrected chi connectivity index (χ3v) is 2.05. The molecule has 0 bridgehead atoms. The Morgan fingerprint density at radius 2 is 1.93 bits per heavy atom. The Morgan fingerprint density at radius 3 is 2.60 bits per heavy atom. The fourth-order valence-electron chi connectivity index (χ4n) is 1.41. The number of hydrogen-bond donors (Lipinski definition) is 1. The van der Waals surface area contributed by atoms with E-state index in [1.807, 2.05) is 0 Å². The first kappa shape index (κ1) is 9.76. The van der Waals surface area contributed by atoms with Gasteiger partial charge in [0.05, 0.1) is 23.0 Å². The van der Waals surface area contributed by atoms with E-state index in [2.05, 4.69) is 4.98 Å². The van der Waals surface area contributed by atoms with Gasteiger partial charge >= 0.3 is 6.18 Å². The molecule has 1 aromatic heterocycles. The number of anilines is 1. The average molecular weight is 212 g/mol. The van der Waals surface area contributed by atoms with Crippen LogP contribution in [0.1, 0.15) is 5.56 Å². The van der Waals surface area contributed by atoms with Gasteiger partial charge in [-0.3, -0.25) is 4.98 Å². The highest BCUT2D eigenvalue weighted by molar-refractivity contribution is 5.85. The molecule has 78 valence electrons. The Labute approximate surface area is 83.5 Å². The van der Waals surface area contributed by atoms with Crippen LogP contribution in [0.25, 0.3) is 10.9 Å². The van der Waals surface area contributed by atoms with Gasteiger partial charge < -0.3 is 5.73 Å². The number of nitrogens with two attached hydrogens (primary N) is 1. The highest BCUT2D eigenvalue weighted by Gasteiger charge is 2.32. The fraction of sp³-hybridized carbons (Fsp3) is 0.100. The van der Waals surface area contributed by atoms with E-state index in [4.69, 9.17) is 5.73 Å². The summed E-state index contributed by atoms with van der Waals surface area (Å²) >= 11 is 0. The molecule has 0 saturated heterocycles. The van der Waals surface area contributed by atoms with Gasteiger partial charge in [0.2, 0.25) is 0 Å². The van der Waals surface area contributed by atoms with Gasteiger partial charge in [0, 0.05) is 5.39 Å². The van der Waals surface area contributed by atoms with Crippen LogP contribution in [0.3, 0.4) is 0 Å². The number of nitrogen functional groups attached to an aromatic ring is 1. The highest BCUT2D eigenvalue weighted by atomic mass is 19.4. The number of benzene rings is 1. The minimum Gasteiger partial charge on any atom is -0.397 e. The first-order valence-corrected chi connectivity index (χ1v) is 4.20. The van der Waals surface area contributed by atoms with Crippen LogP contribution >= 0.6 is 0 Å². The molecule has 0 saturated carbocycles. The van der Waals surface area contributed by atoms with Crippen molar-refractivity contribution in [3.8, 4) is 0 Å². The second kappa shape index (κ2) is 3.12. The Morgan fingerprint density at radius 1 is 1.20 bits per heavy atom. The van der Waals surface area contributed by atoms with E-state index in [1.165, 1.54) is 24.4 Å². The van der Waals surface area contributed by atoms with Crippen LogP contribution in [0.5, 0.6) is 0 Å². The molecule has 0 unspecified atom stereocenters. The second-order valence-electron chi connectivity index (χ2n) is 3.14. The SMILES string of the molecule is Nc1cnc2cccc(C(F)(F)F)c2c1. The normalized spacial score (nSPS) is 11.9. The summed E-state index contributed by atoms with van der Waals surface area (Å²) in [6.45, 7) is 0. The number of fused-ring (bicyclic) bond motifs is 1. The minimum atomic E-state index is -4.38. The van der Waals surface area contributed by atoms with Crippen LogP contribution in [0.15, 0.2) is 30.5 Å². The topological polar surface area (TPSA) is 38.9 Å². The third kappa shape index (κ3) is 1.72. The minimum absolute atomic E-state index is 0.0324. The summed E-state index contributed by atoms with van der Waals surface area (Å²) < 4.78 is 37.7. The van der Waals surface area contributed by atoms with E-state index in [9.17, 15) is 13.2 Å². The van der Waals surface area contributed by atoms with Crippen molar-refractivity contribution in [3.05, 3.63) is 36.0 Å². The smallest absolute Gasteiger partial charge is 0.397 e. The molecule has 0 amide bonds. The molecule has 1 heterocycles. The Balaban J connectivity index is 2.80. The zero-order valence-electron chi connectivity index (χ0n) is 7.55. The molecule has 0 aliphatic carbocycles. The summed E-state index contributed by atoms with van der Waals surface area (Å²) in [5, 5.41) is 0.0324. The monoisotopic (exact) mass is 212 g/mol. The van der Waals surface area contributed by atoms with E-state index in [0.717, 1.165) is 6.07 Å². The maximum Gasteiger partial charge on any atom is 0.417 e. The van der Waals surface area contributed by atoms with E-state index in [-0.39, 0.29) is 11.1 Å². The van der Waals surface area contributed by atoms with Crippen molar-refractivity contribution < 1.29 is 13.2 Å². The molecule has 2 nitrogen and oxygen atoms in total. The van der Waals surface area contributed by atoms with E-state index < -0.39 is 11.7 Å². The van der Waals surface area contributed by atoms with E-state index in [0.29, 0.717) is 5.52 Å². The zero-order valence-corrected chi connectivity index (χ0v) is 7.55. The molecule has 2 aromatic rings. The van der Waals surface area contributed by atoms with Crippen LogP contribution < -0.4 is 5.73 Å². The summed E-state index contributed by atoms with van der Waals surface area (Å²) in [7, 11) is 0. The number of halogens is 3. The van der Waals surface area contributed by atoms with Gasteiger partial charge in [-0.15, -0.1) is 0 Å². The summed E-state index contributed by atoms with van der Waals surface area (Å²) in [5.74, 6) is 0. The van der Waals surface area contributed by atoms with Crippen molar-refractivity contribution in [2.45, 2.75) is 6.18 Å². The molecule has 5 heteroatoms. The Hall–Kier alpha value is -1.78. The molecule has 0 aliphatic heterocycles. The van der Waals surface area contributed by atoms with Crippen molar-refractivity contribution in [1.82, 2.24) is 4.98 Å². The summed E-state index contributed by atoms with van der Waals surface area (Å²) in [6, 6.07) is 5.15. The molecule has 15 heavy (non-hydrogen) atoms. The summed E-state index contributed by atoms with van der Waals surface area (Å²) in [5.41, 5.74) is 5.21. The molecule has 0 radical (unpaired) electrons. The van der Waals surface area contributed by atoms with Gasteiger partial charge in [-0.2, -0.15) is 13.2 Å². The van der Waals surface area contributed by atoms with Crippen LogP contribution in [0, 0.1) is 0 Å². The van der Waals surface area contributed by atoms with Gasteiger partial charge in [0.25, 0.3) is 0 Å². The van der Waals surface area contributed by atoms with Crippen molar-refractivity contribution in [2.24, 2.45) is 0 Å². The Bertz CT molecular complexity index is 505. The lowest BCUT2D eigenvalue weighted by molar-refractivity contribution is -0.136. The van der Waals surface area contributed by atoms with Crippen molar-refractivity contribution >= 4 is 16.6 Å². The number of alkyl halides is 3. The van der Waals surface area contributed by atoms with Crippen molar-refractivity contribution in [3.63, 3.8) is 0 Å². The molecular weight excluding hydrogens is 205 g/mol. The van der Waals surface area contributed by atoms with Gasteiger partial charge in [-0.25, -0.2) is 0 Å². The number of hydrogen-bond acceptors (Lipinski definition) is 2. The number of rotatable bonds is 0. The van der Waals surface area contributed by atoms with Crippen molar-refractivity contribution in [2.75, 3.05) is 5.73 Å². The van der Waals surface area contributed by atoms with Gasteiger partial charge in [0.1, 0.15) is 0 Å². The molecular formula is C10H7F3N2. The van der Waals surface area contributed by atoms with Crippen LogP contribution in [-0.4, -0.2) is 4.98 Å². The molecule has 0 spiro atoms. The maximum atomic E-state index is 12.6. The van der Waals surface area contributed by atoms with E-state index in [1.54, 1.807) is 0 Å². The number of pyridine rings is 1. The Kier molecular flexibility index (Phi) is 2.03. The second-order valence-corrected chi connectivity index (χ2v) is 3.14. The lowest BCUT2D eigenvalue weighted by Crippen LogP contribution is -2.06. The van der Waals surface area contributed by atoms with E-state index >= 15 is 0 Å².